The standard InChI is InChI=1S/C27H35F7O/c1-16(7-6-13-25(28,29)26(30,31)27(32,33)34)18-9-10-19-17-15-22(35)21-8-4-5-12-23(21,2)20(17)11-14-24(18,19)3/h4-7,16-21H,8-15H2,1-3H3/b7-6+/t16-,17+,18-,19+,20+,21-,23-,24-/m1/s1. The molecule has 1 nitrogen and oxygen atoms in total. The highest BCUT2D eigenvalue weighted by Crippen LogP contribution is 2.67. The van der Waals surface area contributed by atoms with Crippen molar-refractivity contribution in [1.29, 1.82) is 0 Å². The third kappa shape index (κ3) is 4.09. The highest BCUT2D eigenvalue weighted by atomic mass is 19.4. The Labute approximate surface area is 202 Å². The molecule has 4 aliphatic rings. The van der Waals surface area contributed by atoms with Crippen LogP contribution in [-0.2, 0) is 4.79 Å². The van der Waals surface area contributed by atoms with Gasteiger partial charge in [0.2, 0.25) is 0 Å². The van der Waals surface area contributed by atoms with Crippen LogP contribution in [-0.4, -0.2) is 23.8 Å². The first-order chi connectivity index (χ1) is 16.1. The third-order valence-corrected chi connectivity index (χ3v) is 10.3. The van der Waals surface area contributed by atoms with Gasteiger partial charge in [-0.1, -0.05) is 45.1 Å². The van der Waals surface area contributed by atoms with Crippen molar-refractivity contribution in [3.63, 3.8) is 0 Å². The number of carbonyl (C=O) groups is 1. The van der Waals surface area contributed by atoms with Crippen molar-refractivity contribution in [2.75, 3.05) is 0 Å². The van der Waals surface area contributed by atoms with E-state index in [0.717, 1.165) is 44.6 Å². The summed E-state index contributed by atoms with van der Waals surface area (Å²) >= 11 is 0. The van der Waals surface area contributed by atoms with Crippen molar-refractivity contribution in [1.82, 2.24) is 0 Å². The molecule has 0 aromatic rings. The van der Waals surface area contributed by atoms with Gasteiger partial charge in [-0.05, 0) is 78.9 Å². The molecule has 0 aromatic carbocycles. The van der Waals surface area contributed by atoms with Crippen LogP contribution in [0.1, 0.15) is 72.1 Å². The van der Waals surface area contributed by atoms with Crippen molar-refractivity contribution in [2.24, 2.45) is 46.3 Å². The van der Waals surface area contributed by atoms with Gasteiger partial charge in [-0.2, -0.15) is 30.7 Å². The van der Waals surface area contributed by atoms with Crippen molar-refractivity contribution < 1.29 is 35.5 Å². The van der Waals surface area contributed by atoms with Gasteiger partial charge >= 0.3 is 18.0 Å². The van der Waals surface area contributed by atoms with Crippen molar-refractivity contribution >= 4 is 5.78 Å². The summed E-state index contributed by atoms with van der Waals surface area (Å²) in [7, 11) is 0. The fourth-order valence-corrected chi connectivity index (χ4v) is 8.46. The molecule has 0 N–H and O–H groups in total. The van der Waals surface area contributed by atoms with E-state index in [2.05, 4.69) is 26.0 Å². The lowest BCUT2D eigenvalue weighted by molar-refractivity contribution is -0.353. The summed E-state index contributed by atoms with van der Waals surface area (Å²) in [5.74, 6) is -9.93. The second-order valence-electron chi connectivity index (χ2n) is 12.0. The van der Waals surface area contributed by atoms with Crippen LogP contribution in [0.25, 0.3) is 0 Å². The van der Waals surface area contributed by atoms with Gasteiger partial charge in [-0.25, -0.2) is 0 Å². The zero-order valence-corrected chi connectivity index (χ0v) is 20.5. The average Bonchev–Trinajstić information content (AvgIpc) is 3.10. The lowest BCUT2D eigenvalue weighted by Gasteiger charge is -2.59. The van der Waals surface area contributed by atoms with Crippen molar-refractivity contribution in [3.05, 3.63) is 24.3 Å². The molecule has 3 saturated carbocycles. The summed E-state index contributed by atoms with van der Waals surface area (Å²) in [6, 6.07) is 0. The smallest absolute Gasteiger partial charge is 0.299 e. The predicted molar refractivity (Wildman–Crippen MR) is 119 cm³/mol. The normalized spacial score (nSPS) is 41.0. The van der Waals surface area contributed by atoms with Gasteiger partial charge in [0.15, 0.2) is 0 Å². The zero-order chi connectivity index (χ0) is 26.0. The second kappa shape index (κ2) is 8.61. The molecule has 4 aliphatic carbocycles. The SMILES string of the molecule is C[C@H](/C=C/CC(F)(F)C(F)(F)C(F)(F)F)[C@H]1CC[C@H]2[C@@H]3CC(=O)[C@H]4CC=CC[C@]4(C)[C@H]3CC[C@]12C. The maximum Gasteiger partial charge on any atom is 0.459 e. The summed E-state index contributed by atoms with van der Waals surface area (Å²) in [5, 5.41) is 0. The molecule has 0 unspecified atom stereocenters. The number of ketones is 1. The molecule has 0 saturated heterocycles. The molecule has 0 heterocycles. The minimum absolute atomic E-state index is 0.0328. The second-order valence-corrected chi connectivity index (χ2v) is 12.0. The van der Waals surface area contributed by atoms with Crippen LogP contribution >= 0.6 is 0 Å². The summed E-state index contributed by atoms with van der Waals surface area (Å²) < 4.78 is 91.1. The molecule has 0 amide bonds. The molecule has 35 heavy (non-hydrogen) atoms. The van der Waals surface area contributed by atoms with Crippen molar-refractivity contribution in [2.45, 2.75) is 90.2 Å². The molecule has 0 aliphatic heterocycles. The van der Waals surface area contributed by atoms with Gasteiger partial charge in [0.05, 0.1) is 0 Å². The maximum absolute atomic E-state index is 13.7. The highest BCUT2D eigenvalue weighted by molar-refractivity contribution is 5.83. The molecule has 8 heteroatoms. The molecule has 0 bridgehead atoms. The third-order valence-electron chi connectivity index (χ3n) is 10.3. The van der Waals surface area contributed by atoms with E-state index in [4.69, 9.17) is 0 Å². The van der Waals surface area contributed by atoms with E-state index in [1.54, 1.807) is 0 Å². The van der Waals surface area contributed by atoms with E-state index in [1.807, 2.05) is 6.92 Å². The molecule has 3 fully saturated rings. The number of allylic oxidation sites excluding steroid dienone is 4. The van der Waals surface area contributed by atoms with E-state index in [1.165, 1.54) is 6.08 Å². The molecule has 0 aromatic heterocycles. The van der Waals surface area contributed by atoms with Gasteiger partial charge < -0.3 is 0 Å². The number of hydrogen-bond donors (Lipinski definition) is 0. The molecular formula is C27H35F7O. The quantitative estimate of drug-likeness (QED) is 0.269. The van der Waals surface area contributed by atoms with Crippen LogP contribution in [0.2, 0.25) is 0 Å². The number of Topliss-reactive ketones (excluding diaryl/α,β-unsaturated/α-hetero) is 1. The summed E-state index contributed by atoms with van der Waals surface area (Å²) in [6.45, 7) is 6.28. The summed E-state index contributed by atoms with van der Waals surface area (Å²) in [6.07, 6.45) is 4.52. The first kappa shape index (κ1) is 26.7. The van der Waals surface area contributed by atoms with E-state index in [-0.39, 0.29) is 34.5 Å². The number of carbonyl (C=O) groups excluding carboxylic acids is 1. The number of rotatable bonds is 5. The fraction of sp³-hybridized carbons (Fsp3) is 0.815. The van der Waals surface area contributed by atoms with Gasteiger partial charge in [0.1, 0.15) is 5.78 Å². The number of hydrogen-bond acceptors (Lipinski definition) is 1. The average molecular weight is 509 g/mol. The first-order valence-corrected chi connectivity index (χ1v) is 12.7. The zero-order valence-electron chi connectivity index (χ0n) is 20.5. The van der Waals surface area contributed by atoms with Gasteiger partial charge in [0, 0.05) is 18.8 Å². The topological polar surface area (TPSA) is 17.1 Å². The lowest BCUT2D eigenvalue weighted by atomic mass is 9.45. The van der Waals surface area contributed by atoms with Crippen LogP contribution in [0.5, 0.6) is 0 Å². The molecule has 0 spiro atoms. The van der Waals surface area contributed by atoms with E-state index < -0.39 is 24.4 Å². The van der Waals surface area contributed by atoms with Gasteiger partial charge in [-0.15, -0.1) is 0 Å². The first-order valence-electron chi connectivity index (χ1n) is 12.7. The number of fused-ring (bicyclic) bond motifs is 5. The Morgan fingerprint density at radius 1 is 1.00 bits per heavy atom. The van der Waals surface area contributed by atoms with Crippen LogP contribution in [0.3, 0.4) is 0 Å². The Kier molecular flexibility index (Phi) is 6.57. The molecule has 0 radical (unpaired) electrons. The predicted octanol–water partition coefficient (Wildman–Crippen LogP) is 8.41. The Morgan fingerprint density at radius 3 is 2.31 bits per heavy atom. The Hall–Kier alpha value is -1.34. The summed E-state index contributed by atoms with van der Waals surface area (Å²) in [5.41, 5.74) is -0.147. The molecule has 4 rings (SSSR count). The largest absolute Gasteiger partial charge is 0.459 e. The molecule has 8 atom stereocenters. The van der Waals surface area contributed by atoms with E-state index in [0.29, 0.717) is 24.0 Å². The molecule has 198 valence electrons. The Morgan fingerprint density at radius 2 is 1.66 bits per heavy atom. The Balaban J connectivity index is 1.48. The van der Waals surface area contributed by atoms with Crippen molar-refractivity contribution in [3.8, 4) is 0 Å². The maximum atomic E-state index is 13.7. The van der Waals surface area contributed by atoms with E-state index in [9.17, 15) is 35.5 Å². The highest BCUT2D eigenvalue weighted by Gasteiger charge is 2.72. The van der Waals surface area contributed by atoms with E-state index >= 15 is 0 Å². The van der Waals surface area contributed by atoms with Crippen LogP contribution in [0.4, 0.5) is 30.7 Å². The molecular weight excluding hydrogens is 473 g/mol. The van der Waals surface area contributed by atoms with Crippen LogP contribution in [0, 0.1) is 46.3 Å². The minimum Gasteiger partial charge on any atom is -0.299 e. The van der Waals surface area contributed by atoms with Gasteiger partial charge in [-0.3, -0.25) is 4.79 Å². The number of alkyl halides is 7. The number of halogens is 7. The lowest BCUT2D eigenvalue weighted by Crippen LogP contribution is -2.55. The fourth-order valence-electron chi connectivity index (χ4n) is 8.46. The summed E-state index contributed by atoms with van der Waals surface area (Å²) in [4.78, 5) is 13.1. The van der Waals surface area contributed by atoms with Gasteiger partial charge in [0.25, 0.3) is 0 Å². The van der Waals surface area contributed by atoms with Crippen LogP contribution in [0.15, 0.2) is 24.3 Å². The Bertz CT molecular complexity index is 890. The minimum atomic E-state index is -6.30. The monoisotopic (exact) mass is 508 g/mol. The van der Waals surface area contributed by atoms with Crippen LogP contribution < -0.4 is 0 Å².